The number of sulfonamides is 1. The fraction of sp³-hybridized carbons (Fsp3) is 0.600. The van der Waals surface area contributed by atoms with Crippen LogP contribution in [0.1, 0.15) is 43.2 Å². The van der Waals surface area contributed by atoms with E-state index in [9.17, 15) is 8.42 Å². The van der Waals surface area contributed by atoms with Crippen LogP contribution in [0.3, 0.4) is 0 Å². The van der Waals surface area contributed by atoms with E-state index in [1.165, 1.54) is 11.1 Å². The molecule has 0 aromatic heterocycles. The Morgan fingerprint density at radius 2 is 1.80 bits per heavy atom. The zero-order valence-electron chi connectivity index (χ0n) is 11.6. The molecule has 20 heavy (non-hydrogen) atoms. The van der Waals surface area contributed by atoms with Crippen LogP contribution < -0.4 is 10.5 Å². The molecule has 1 aromatic carbocycles. The second kappa shape index (κ2) is 5.47. The Morgan fingerprint density at radius 1 is 1.05 bits per heavy atom. The SMILES string of the molecule is N[C@@H]1CCCC[C@H]1NS(=O)(=O)c1ccc2c(c1)CCC2. The van der Waals surface area contributed by atoms with Gasteiger partial charge in [-0.05, 0) is 55.4 Å². The molecule has 3 N–H and O–H groups in total. The summed E-state index contributed by atoms with van der Waals surface area (Å²) >= 11 is 0. The maximum absolute atomic E-state index is 12.5. The first-order valence-corrected chi connectivity index (χ1v) is 8.94. The predicted octanol–water partition coefficient (Wildman–Crippen LogP) is 1.72. The minimum atomic E-state index is -3.44. The van der Waals surface area contributed by atoms with Crippen LogP contribution in [0.25, 0.3) is 0 Å². The Bertz CT molecular complexity index is 598. The molecule has 0 radical (unpaired) electrons. The number of nitrogens with one attached hydrogen (secondary N) is 1. The van der Waals surface area contributed by atoms with Gasteiger partial charge in [0.1, 0.15) is 0 Å². The Morgan fingerprint density at radius 3 is 2.60 bits per heavy atom. The van der Waals surface area contributed by atoms with Crippen LogP contribution >= 0.6 is 0 Å². The number of nitrogens with two attached hydrogens (primary N) is 1. The van der Waals surface area contributed by atoms with Gasteiger partial charge in [0.2, 0.25) is 10.0 Å². The Hall–Kier alpha value is -0.910. The quantitative estimate of drug-likeness (QED) is 0.891. The molecule has 0 amide bonds. The topological polar surface area (TPSA) is 72.2 Å². The van der Waals surface area contributed by atoms with Gasteiger partial charge in [-0.3, -0.25) is 0 Å². The molecule has 0 spiro atoms. The third-order valence-corrected chi connectivity index (χ3v) is 5.99. The van der Waals surface area contributed by atoms with Crippen molar-refractivity contribution >= 4 is 10.0 Å². The second-order valence-electron chi connectivity index (χ2n) is 5.96. The number of benzene rings is 1. The van der Waals surface area contributed by atoms with E-state index < -0.39 is 10.0 Å². The molecule has 5 heteroatoms. The molecule has 4 nitrogen and oxygen atoms in total. The van der Waals surface area contributed by atoms with Crippen molar-refractivity contribution in [1.82, 2.24) is 4.72 Å². The smallest absolute Gasteiger partial charge is 0.240 e. The van der Waals surface area contributed by atoms with Gasteiger partial charge in [0.25, 0.3) is 0 Å². The number of hydrogen-bond donors (Lipinski definition) is 2. The van der Waals surface area contributed by atoms with Gasteiger partial charge < -0.3 is 5.73 Å². The fourth-order valence-electron chi connectivity index (χ4n) is 3.29. The largest absolute Gasteiger partial charge is 0.326 e. The van der Waals surface area contributed by atoms with Gasteiger partial charge in [-0.1, -0.05) is 18.9 Å². The van der Waals surface area contributed by atoms with Gasteiger partial charge in [0, 0.05) is 12.1 Å². The summed E-state index contributed by atoms with van der Waals surface area (Å²) in [6.07, 6.45) is 7.06. The van der Waals surface area contributed by atoms with Gasteiger partial charge in [-0.25, -0.2) is 13.1 Å². The van der Waals surface area contributed by atoms with Gasteiger partial charge in [0.15, 0.2) is 0 Å². The van der Waals surface area contributed by atoms with E-state index in [-0.39, 0.29) is 12.1 Å². The van der Waals surface area contributed by atoms with Gasteiger partial charge >= 0.3 is 0 Å². The van der Waals surface area contributed by atoms with Crippen molar-refractivity contribution in [1.29, 1.82) is 0 Å². The lowest BCUT2D eigenvalue weighted by Gasteiger charge is -2.29. The minimum Gasteiger partial charge on any atom is -0.326 e. The van der Waals surface area contributed by atoms with Crippen molar-refractivity contribution in [3.8, 4) is 0 Å². The summed E-state index contributed by atoms with van der Waals surface area (Å²) in [5.74, 6) is 0. The molecule has 2 aliphatic carbocycles. The molecule has 0 heterocycles. The highest BCUT2D eigenvalue weighted by atomic mass is 32.2. The number of hydrogen-bond acceptors (Lipinski definition) is 3. The standard InChI is InChI=1S/C15H22N2O2S/c16-14-6-1-2-7-15(14)17-20(18,19)13-9-8-11-4-3-5-12(11)10-13/h8-10,14-15,17H,1-7,16H2/t14-,15-/m1/s1. The Labute approximate surface area is 120 Å². The van der Waals surface area contributed by atoms with Crippen LogP contribution in [0.15, 0.2) is 23.1 Å². The van der Waals surface area contributed by atoms with Crippen LogP contribution in [0.5, 0.6) is 0 Å². The minimum absolute atomic E-state index is 0.0621. The molecular weight excluding hydrogens is 272 g/mol. The summed E-state index contributed by atoms with van der Waals surface area (Å²) < 4.78 is 27.8. The van der Waals surface area contributed by atoms with Crippen molar-refractivity contribution in [3.05, 3.63) is 29.3 Å². The van der Waals surface area contributed by atoms with Crippen molar-refractivity contribution in [2.45, 2.75) is 61.9 Å². The number of aryl methyl sites for hydroxylation is 2. The number of rotatable bonds is 3. The lowest BCUT2D eigenvalue weighted by molar-refractivity contribution is 0.361. The molecule has 2 atom stereocenters. The average Bonchev–Trinajstić information content (AvgIpc) is 2.88. The summed E-state index contributed by atoms with van der Waals surface area (Å²) in [5.41, 5.74) is 8.50. The first kappa shape index (κ1) is 14.0. The van der Waals surface area contributed by atoms with E-state index in [0.717, 1.165) is 44.9 Å². The first-order valence-electron chi connectivity index (χ1n) is 7.46. The normalized spacial score (nSPS) is 26.4. The molecule has 1 aromatic rings. The summed E-state index contributed by atoms with van der Waals surface area (Å²) in [7, 11) is -3.44. The highest BCUT2D eigenvalue weighted by Crippen LogP contribution is 2.25. The van der Waals surface area contributed by atoms with Crippen molar-refractivity contribution in [3.63, 3.8) is 0 Å². The van der Waals surface area contributed by atoms with E-state index in [1.54, 1.807) is 6.07 Å². The van der Waals surface area contributed by atoms with Crippen LogP contribution in [-0.4, -0.2) is 20.5 Å². The lowest BCUT2D eigenvalue weighted by atomic mass is 9.92. The lowest BCUT2D eigenvalue weighted by Crippen LogP contribution is -2.49. The van der Waals surface area contributed by atoms with Crippen molar-refractivity contribution in [2.24, 2.45) is 5.73 Å². The molecule has 1 fully saturated rings. The van der Waals surface area contributed by atoms with E-state index in [2.05, 4.69) is 4.72 Å². The molecular formula is C15H22N2O2S. The monoisotopic (exact) mass is 294 g/mol. The molecule has 110 valence electrons. The van der Waals surface area contributed by atoms with E-state index in [4.69, 9.17) is 5.73 Å². The van der Waals surface area contributed by atoms with Gasteiger partial charge in [-0.15, -0.1) is 0 Å². The summed E-state index contributed by atoms with van der Waals surface area (Å²) in [6.45, 7) is 0. The van der Waals surface area contributed by atoms with E-state index in [0.29, 0.717) is 4.90 Å². The van der Waals surface area contributed by atoms with Gasteiger partial charge in [-0.2, -0.15) is 0 Å². The Kier molecular flexibility index (Phi) is 3.84. The van der Waals surface area contributed by atoms with Crippen molar-refractivity contribution in [2.75, 3.05) is 0 Å². The van der Waals surface area contributed by atoms with E-state index in [1.807, 2.05) is 12.1 Å². The van der Waals surface area contributed by atoms with Crippen LogP contribution in [0.2, 0.25) is 0 Å². The van der Waals surface area contributed by atoms with Gasteiger partial charge in [0.05, 0.1) is 4.90 Å². The molecule has 1 saturated carbocycles. The molecule has 0 bridgehead atoms. The maximum atomic E-state index is 12.5. The van der Waals surface area contributed by atoms with Crippen LogP contribution in [-0.2, 0) is 22.9 Å². The van der Waals surface area contributed by atoms with Crippen LogP contribution in [0.4, 0.5) is 0 Å². The highest BCUT2D eigenvalue weighted by molar-refractivity contribution is 7.89. The summed E-state index contributed by atoms with van der Waals surface area (Å²) in [4.78, 5) is 0.385. The Balaban J connectivity index is 1.81. The molecule has 0 unspecified atom stereocenters. The third-order valence-electron chi connectivity index (χ3n) is 4.51. The predicted molar refractivity (Wildman–Crippen MR) is 79.0 cm³/mol. The third kappa shape index (κ3) is 2.75. The maximum Gasteiger partial charge on any atom is 0.240 e. The summed E-state index contributed by atoms with van der Waals surface area (Å²) in [5, 5.41) is 0. The van der Waals surface area contributed by atoms with E-state index >= 15 is 0 Å². The molecule has 0 saturated heterocycles. The second-order valence-corrected chi connectivity index (χ2v) is 7.67. The highest BCUT2D eigenvalue weighted by Gasteiger charge is 2.27. The number of fused-ring (bicyclic) bond motifs is 1. The van der Waals surface area contributed by atoms with Crippen LogP contribution in [0, 0.1) is 0 Å². The van der Waals surface area contributed by atoms with Crippen molar-refractivity contribution < 1.29 is 8.42 Å². The summed E-state index contributed by atoms with van der Waals surface area (Å²) in [6, 6.07) is 5.33. The molecule has 3 rings (SSSR count). The zero-order valence-corrected chi connectivity index (χ0v) is 12.5. The fourth-order valence-corrected chi connectivity index (χ4v) is 4.66. The molecule has 2 aliphatic rings. The first-order chi connectivity index (χ1) is 9.56. The average molecular weight is 294 g/mol. The molecule has 0 aliphatic heterocycles. The zero-order chi connectivity index (χ0) is 14.2.